The molecule has 0 bridgehead atoms. The van der Waals surface area contributed by atoms with E-state index in [-0.39, 0.29) is 35.8 Å². The van der Waals surface area contributed by atoms with E-state index in [4.69, 9.17) is 5.73 Å². The number of amides is 1. The molecule has 8 nitrogen and oxygen atoms in total. The van der Waals surface area contributed by atoms with Gasteiger partial charge in [0.2, 0.25) is 5.91 Å². The molecule has 1 atom stereocenters. The summed E-state index contributed by atoms with van der Waals surface area (Å²) in [5, 5.41) is 2.76. The molecule has 1 saturated heterocycles. The smallest absolute Gasteiger partial charge is 0.262 e. The van der Waals surface area contributed by atoms with Crippen LogP contribution in [0.25, 0.3) is 0 Å². The molecule has 1 unspecified atom stereocenters. The lowest BCUT2D eigenvalue weighted by molar-refractivity contribution is -0.126. The van der Waals surface area contributed by atoms with Crippen molar-refractivity contribution in [3.63, 3.8) is 0 Å². The minimum atomic E-state index is -3.65. The molecule has 10 heteroatoms. The molecule has 0 radical (unpaired) electrons. The van der Waals surface area contributed by atoms with Crippen molar-refractivity contribution in [1.29, 1.82) is 0 Å². The maximum Gasteiger partial charge on any atom is 0.262 e. The summed E-state index contributed by atoms with van der Waals surface area (Å²) in [4.78, 5) is 16.1. The number of piperidine rings is 1. The number of nitrogens with one attached hydrogen (secondary N) is 1. The molecule has 23 heavy (non-hydrogen) atoms. The van der Waals surface area contributed by atoms with Crippen LogP contribution >= 0.6 is 12.4 Å². The van der Waals surface area contributed by atoms with E-state index in [9.17, 15) is 13.2 Å². The molecule has 0 aliphatic carbocycles. The monoisotopic (exact) mass is 365 g/mol. The highest BCUT2D eigenvalue weighted by Gasteiger charge is 2.34. The van der Waals surface area contributed by atoms with Gasteiger partial charge >= 0.3 is 0 Å². The number of hydrogen-bond acceptors (Lipinski definition) is 5. The third kappa shape index (κ3) is 4.43. The van der Waals surface area contributed by atoms with Gasteiger partial charge in [0.1, 0.15) is 5.82 Å². The Kier molecular flexibility index (Phi) is 7.00. The van der Waals surface area contributed by atoms with Crippen LogP contribution in [0.15, 0.2) is 11.2 Å². The van der Waals surface area contributed by atoms with Gasteiger partial charge in [-0.25, -0.2) is 13.4 Å². The Hall–Kier alpha value is -1.16. The van der Waals surface area contributed by atoms with Gasteiger partial charge in [0.15, 0.2) is 5.03 Å². The van der Waals surface area contributed by atoms with Crippen LogP contribution in [-0.4, -0.2) is 54.4 Å². The zero-order chi connectivity index (χ0) is 16.3. The molecule has 1 aromatic heterocycles. The number of nitrogens with zero attached hydrogens (tertiary/aromatic N) is 3. The van der Waals surface area contributed by atoms with Crippen molar-refractivity contribution in [2.24, 2.45) is 18.7 Å². The fourth-order valence-corrected chi connectivity index (χ4v) is 4.05. The van der Waals surface area contributed by atoms with Gasteiger partial charge in [0, 0.05) is 39.4 Å². The molecule has 3 N–H and O–H groups in total. The van der Waals surface area contributed by atoms with Crippen molar-refractivity contribution in [1.82, 2.24) is 19.2 Å². The Morgan fingerprint density at radius 1 is 1.52 bits per heavy atom. The molecule has 1 aromatic rings. The molecule has 1 aliphatic heterocycles. The Bertz CT molecular complexity index is 627. The summed E-state index contributed by atoms with van der Waals surface area (Å²) in [5.41, 5.74) is 5.36. The van der Waals surface area contributed by atoms with Gasteiger partial charge in [-0.05, 0) is 19.8 Å². The van der Waals surface area contributed by atoms with Crippen molar-refractivity contribution >= 4 is 28.3 Å². The predicted molar refractivity (Wildman–Crippen MR) is 88.7 cm³/mol. The van der Waals surface area contributed by atoms with Crippen LogP contribution in [-0.2, 0) is 21.9 Å². The third-order valence-electron chi connectivity index (χ3n) is 3.89. The molecule has 1 fully saturated rings. The van der Waals surface area contributed by atoms with Crippen LogP contribution in [0.3, 0.4) is 0 Å². The van der Waals surface area contributed by atoms with Gasteiger partial charge in [0.25, 0.3) is 10.0 Å². The fourth-order valence-electron chi connectivity index (χ4n) is 2.50. The molecule has 2 rings (SSSR count). The number of rotatable bonds is 5. The first kappa shape index (κ1) is 19.9. The first-order valence-electron chi connectivity index (χ1n) is 7.34. The lowest BCUT2D eigenvalue weighted by Gasteiger charge is -2.30. The molecule has 0 saturated carbocycles. The molecule has 2 heterocycles. The van der Waals surface area contributed by atoms with Crippen LogP contribution in [0.1, 0.15) is 18.7 Å². The molecule has 0 aromatic carbocycles. The first-order valence-corrected chi connectivity index (χ1v) is 8.78. The van der Waals surface area contributed by atoms with E-state index in [0.717, 1.165) is 0 Å². The van der Waals surface area contributed by atoms with Crippen molar-refractivity contribution in [3.05, 3.63) is 12.0 Å². The highest BCUT2D eigenvalue weighted by atomic mass is 35.5. The zero-order valence-corrected chi connectivity index (χ0v) is 15.0. The minimum absolute atomic E-state index is 0. The summed E-state index contributed by atoms with van der Waals surface area (Å²) in [6.45, 7) is 3.13. The van der Waals surface area contributed by atoms with Gasteiger partial charge in [0.05, 0.1) is 5.92 Å². The van der Waals surface area contributed by atoms with Crippen LogP contribution in [0.5, 0.6) is 0 Å². The first-order chi connectivity index (χ1) is 10.4. The number of aromatic nitrogens is 2. The number of carbonyl (C=O) groups excluding carboxylic acids is 1. The summed E-state index contributed by atoms with van der Waals surface area (Å²) >= 11 is 0. The van der Waals surface area contributed by atoms with E-state index < -0.39 is 10.0 Å². The minimum Gasteiger partial charge on any atom is -0.355 e. The summed E-state index contributed by atoms with van der Waals surface area (Å²) in [6.07, 6.45) is 2.85. The maximum atomic E-state index is 12.6. The number of nitrogens with two attached hydrogens (primary N) is 1. The molecule has 132 valence electrons. The lowest BCUT2D eigenvalue weighted by Crippen LogP contribution is -2.46. The second kappa shape index (κ2) is 8.09. The lowest BCUT2D eigenvalue weighted by atomic mass is 9.99. The molecule has 1 amide bonds. The van der Waals surface area contributed by atoms with Gasteiger partial charge in [-0.1, -0.05) is 0 Å². The highest BCUT2D eigenvalue weighted by molar-refractivity contribution is 7.89. The largest absolute Gasteiger partial charge is 0.355 e. The van der Waals surface area contributed by atoms with Gasteiger partial charge in [-0.2, -0.15) is 4.31 Å². The standard InChI is InChI=1S/C13H23N5O3S.ClH/c1-10-16-12(9-17(10)2)22(20,21)18-7-3-4-11(8-18)13(19)15-6-5-14;/h9,11H,3-8,14H2,1-2H3,(H,15,19);1H. The summed E-state index contributed by atoms with van der Waals surface area (Å²) in [7, 11) is -1.90. The Morgan fingerprint density at radius 2 is 2.22 bits per heavy atom. The van der Waals surface area contributed by atoms with E-state index in [1.54, 1.807) is 18.5 Å². The molecule has 1 aliphatic rings. The van der Waals surface area contributed by atoms with E-state index in [1.807, 2.05) is 0 Å². The average Bonchev–Trinajstić information content (AvgIpc) is 2.85. The van der Waals surface area contributed by atoms with Gasteiger partial charge < -0.3 is 15.6 Å². The quantitative estimate of drug-likeness (QED) is 0.739. The Labute approximate surface area is 142 Å². The second-order valence-electron chi connectivity index (χ2n) is 5.52. The van der Waals surface area contributed by atoms with E-state index in [1.165, 1.54) is 10.5 Å². The average molecular weight is 366 g/mol. The maximum absolute atomic E-state index is 12.6. The van der Waals surface area contributed by atoms with Gasteiger partial charge in [-0.15, -0.1) is 12.4 Å². The van der Waals surface area contributed by atoms with E-state index in [0.29, 0.717) is 38.3 Å². The third-order valence-corrected chi connectivity index (χ3v) is 5.63. The van der Waals surface area contributed by atoms with Crippen LogP contribution in [0, 0.1) is 12.8 Å². The fraction of sp³-hybridized carbons (Fsp3) is 0.692. The molecule has 0 spiro atoms. The molecular weight excluding hydrogens is 342 g/mol. The summed E-state index contributed by atoms with van der Waals surface area (Å²) in [6, 6.07) is 0. The van der Waals surface area contributed by atoms with Gasteiger partial charge in [-0.3, -0.25) is 4.79 Å². The normalized spacial score (nSPS) is 19.2. The number of carbonyl (C=O) groups is 1. The summed E-state index contributed by atoms with van der Waals surface area (Å²) < 4.78 is 28.3. The van der Waals surface area contributed by atoms with Crippen molar-refractivity contribution in [2.75, 3.05) is 26.2 Å². The zero-order valence-electron chi connectivity index (χ0n) is 13.4. The van der Waals surface area contributed by atoms with Crippen molar-refractivity contribution in [2.45, 2.75) is 24.8 Å². The second-order valence-corrected chi connectivity index (χ2v) is 7.40. The van der Waals surface area contributed by atoms with Crippen molar-refractivity contribution < 1.29 is 13.2 Å². The Balaban J connectivity index is 0.00000264. The Morgan fingerprint density at radius 3 is 2.78 bits per heavy atom. The number of aryl methyl sites for hydroxylation is 2. The molecular formula is C13H24ClN5O3S. The summed E-state index contributed by atoms with van der Waals surface area (Å²) in [5.74, 6) is 0.162. The highest BCUT2D eigenvalue weighted by Crippen LogP contribution is 2.23. The van der Waals surface area contributed by atoms with Crippen LogP contribution in [0.2, 0.25) is 0 Å². The number of hydrogen-bond donors (Lipinski definition) is 2. The predicted octanol–water partition coefficient (Wildman–Crippen LogP) is -0.374. The van der Waals surface area contributed by atoms with Crippen LogP contribution in [0.4, 0.5) is 0 Å². The SMILES string of the molecule is Cc1nc(S(=O)(=O)N2CCCC(C(=O)NCCN)C2)cn1C.Cl. The number of imidazole rings is 1. The van der Waals surface area contributed by atoms with Crippen molar-refractivity contribution in [3.8, 4) is 0 Å². The number of sulfonamides is 1. The number of halogens is 1. The van der Waals surface area contributed by atoms with Crippen LogP contribution < -0.4 is 11.1 Å². The van der Waals surface area contributed by atoms with E-state index in [2.05, 4.69) is 10.3 Å². The van der Waals surface area contributed by atoms with E-state index >= 15 is 0 Å². The topological polar surface area (TPSA) is 110 Å².